The zero-order valence-corrected chi connectivity index (χ0v) is 15.2. The first-order valence-electron chi connectivity index (χ1n) is 7.97. The third kappa shape index (κ3) is 6.25. The molecule has 0 amide bonds. The number of alkyl halides is 1. The molecule has 0 saturated carbocycles. The fourth-order valence-corrected chi connectivity index (χ4v) is 2.63. The van der Waals surface area contributed by atoms with E-state index in [9.17, 15) is 23.6 Å². The summed E-state index contributed by atoms with van der Waals surface area (Å²) in [5.74, 6) is -2.90. The molecule has 148 valence electrons. The first-order chi connectivity index (χ1) is 12.0. The molecule has 1 heterocycles. The Kier molecular flexibility index (Phi) is 7.94. The maximum absolute atomic E-state index is 14.6. The monoisotopic (exact) mass is 378 g/mol. The molecule has 1 fully saturated rings. The van der Waals surface area contributed by atoms with Gasteiger partial charge in [-0.3, -0.25) is 19.2 Å². The van der Waals surface area contributed by atoms with Crippen LogP contribution in [0.25, 0.3) is 0 Å². The Bertz CT molecular complexity index is 550. The molecule has 5 unspecified atom stereocenters. The first-order valence-corrected chi connectivity index (χ1v) is 7.97. The highest BCUT2D eigenvalue weighted by atomic mass is 19.1. The number of carbonyl (C=O) groups excluding carboxylic acids is 4. The lowest BCUT2D eigenvalue weighted by molar-refractivity contribution is -0.254. The van der Waals surface area contributed by atoms with E-state index >= 15 is 0 Å². The van der Waals surface area contributed by atoms with Gasteiger partial charge < -0.3 is 23.7 Å². The molecule has 0 spiro atoms. The number of hydrogen-bond donors (Lipinski definition) is 0. The quantitative estimate of drug-likeness (QED) is 0.480. The summed E-state index contributed by atoms with van der Waals surface area (Å²) in [5.41, 5.74) is 0. The lowest BCUT2D eigenvalue weighted by Crippen LogP contribution is -2.63. The van der Waals surface area contributed by atoms with Gasteiger partial charge in [0.1, 0.15) is 12.7 Å². The van der Waals surface area contributed by atoms with Gasteiger partial charge in [-0.25, -0.2) is 4.39 Å². The second-order valence-corrected chi connectivity index (χ2v) is 5.85. The largest absolute Gasteiger partial charge is 0.463 e. The standard InChI is InChI=1S/C16H23FO9/c1-7-13(24-9(3)19)15(25-10(4)20)16(26-11(5)21)14(23-7)12(17)6-22-8(2)18/h7,12-16H,6H2,1-5H3/t7?,12-,13?,14?,15?,16?/m0/s1. The zero-order valence-electron chi connectivity index (χ0n) is 15.2. The van der Waals surface area contributed by atoms with Crippen molar-refractivity contribution in [2.45, 2.75) is 71.3 Å². The van der Waals surface area contributed by atoms with Crippen molar-refractivity contribution in [3.63, 3.8) is 0 Å². The van der Waals surface area contributed by atoms with E-state index in [1.165, 1.54) is 6.92 Å². The number of hydrogen-bond acceptors (Lipinski definition) is 9. The molecule has 0 aromatic rings. The van der Waals surface area contributed by atoms with Crippen LogP contribution in [0.15, 0.2) is 0 Å². The summed E-state index contributed by atoms with van der Waals surface area (Å²) in [6, 6.07) is 0. The lowest BCUT2D eigenvalue weighted by atomic mass is 9.92. The van der Waals surface area contributed by atoms with E-state index in [-0.39, 0.29) is 0 Å². The van der Waals surface area contributed by atoms with E-state index in [1.54, 1.807) is 0 Å². The van der Waals surface area contributed by atoms with Gasteiger partial charge in [-0.2, -0.15) is 0 Å². The minimum absolute atomic E-state index is 0.643. The third-order valence-corrected chi connectivity index (χ3v) is 3.51. The summed E-state index contributed by atoms with van der Waals surface area (Å²) in [7, 11) is 0. The fourth-order valence-electron chi connectivity index (χ4n) is 2.63. The number of esters is 4. The molecule has 26 heavy (non-hydrogen) atoms. The van der Waals surface area contributed by atoms with Crippen LogP contribution in [0.1, 0.15) is 34.6 Å². The van der Waals surface area contributed by atoms with Crippen LogP contribution in [0.2, 0.25) is 0 Å². The Labute approximate surface area is 150 Å². The molecule has 10 heteroatoms. The highest BCUT2D eigenvalue weighted by Crippen LogP contribution is 2.31. The normalized spacial score (nSPS) is 29.2. The molecule has 0 aliphatic carbocycles. The molecule has 0 aromatic heterocycles. The zero-order chi connectivity index (χ0) is 20.0. The second-order valence-electron chi connectivity index (χ2n) is 5.85. The van der Waals surface area contributed by atoms with Crippen molar-refractivity contribution < 1.29 is 47.3 Å². The van der Waals surface area contributed by atoms with E-state index in [0.29, 0.717) is 0 Å². The van der Waals surface area contributed by atoms with E-state index < -0.39 is 67.2 Å². The molecular weight excluding hydrogens is 355 g/mol. The molecule has 0 aromatic carbocycles. The summed E-state index contributed by atoms with van der Waals surface area (Å²) >= 11 is 0. The second kappa shape index (κ2) is 9.46. The van der Waals surface area contributed by atoms with Crippen LogP contribution < -0.4 is 0 Å². The van der Waals surface area contributed by atoms with E-state index in [0.717, 1.165) is 27.7 Å². The van der Waals surface area contributed by atoms with Gasteiger partial charge in [0, 0.05) is 27.7 Å². The Morgan fingerprint density at radius 2 is 1.31 bits per heavy atom. The number of ether oxygens (including phenoxy) is 5. The van der Waals surface area contributed by atoms with E-state index in [4.69, 9.17) is 18.9 Å². The molecule has 0 radical (unpaired) electrons. The average Bonchev–Trinajstić information content (AvgIpc) is 2.49. The molecule has 1 aliphatic rings. The summed E-state index contributed by atoms with van der Waals surface area (Å²) < 4.78 is 40.1. The molecule has 1 aliphatic heterocycles. The lowest BCUT2D eigenvalue weighted by Gasteiger charge is -2.44. The molecule has 9 nitrogen and oxygen atoms in total. The van der Waals surface area contributed by atoms with Gasteiger partial charge >= 0.3 is 23.9 Å². The Morgan fingerprint density at radius 3 is 1.77 bits per heavy atom. The molecule has 0 bridgehead atoms. The van der Waals surface area contributed by atoms with Crippen LogP contribution in [0.4, 0.5) is 4.39 Å². The van der Waals surface area contributed by atoms with Crippen LogP contribution in [-0.2, 0) is 42.9 Å². The minimum atomic E-state index is -1.87. The van der Waals surface area contributed by atoms with Crippen molar-refractivity contribution in [3.8, 4) is 0 Å². The molecule has 1 saturated heterocycles. The molecule has 0 N–H and O–H groups in total. The van der Waals surface area contributed by atoms with Crippen LogP contribution in [-0.4, -0.2) is 67.2 Å². The topological polar surface area (TPSA) is 114 Å². The maximum atomic E-state index is 14.6. The SMILES string of the molecule is CC(=O)OC[C@H](F)C1OC(C)C(OC(C)=O)C(OC(C)=O)C1OC(C)=O. The smallest absolute Gasteiger partial charge is 0.303 e. The molecule has 6 atom stereocenters. The van der Waals surface area contributed by atoms with Crippen molar-refractivity contribution in [1.82, 2.24) is 0 Å². The summed E-state index contributed by atoms with van der Waals surface area (Å²) in [4.78, 5) is 45.2. The predicted octanol–water partition coefficient (Wildman–Crippen LogP) is 0.470. The van der Waals surface area contributed by atoms with Gasteiger partial charge in [0.15, 0.2) is 24.5 Å². The van der Waals surface area contributed by atoms with Gasteiger partial charge in [0.25, 0.3) is 0 Å². The third-order valence-electron chi connectivity index (χ3n) is 3.51. The van der Waals surface area contributed by atoms with Crippen LogP contribution in [0, 0.1) is 0 Å². The molecular formula is C16H23FO9. The Balaban J connectivity index is 3.16. The molecule has 1 rings (SSSR count). The minimum Gasteiger partial charge on any atom is -0.463 e. The maximum Gasteiger partial charge on any atom is 0.303 e. The van der Waals surface area contributed by atoms with Crippen molar-refractivity contribution >= 4 is 23.9 Å². The number of rotatable bonds is 6. The predicted molar refractivity (Wildman–Crippen MR) is 82.5 cm³/mol. The van der Waals surface area contributed by atoms with E-state index in [1.807, 2.05) is 0 Å². The van der Waals surface area contributed by atoms with Crippen LogP contribution in [0.5, 0.6) is 0 Å². The Morgan fingerprint density at radius 1 is 0.846 bits per heavy atom. The summed E-state index contributed by atoms with van der Waals surface area (Å²) in [5, 5.41) is 0. The van der Waals surface area contributed by atoms with Crippen molar-refractivity contribution in [1.29, 1.82) is 0 Å². The number of carbonyl (C=O) groups is 4. The van der Waals surface area contributed by atoms with Gasteiger partial charge in [-0.15, -0.1) is 0 Å². The highest BCUT2D eigenvalue weighted by molar-refractivity contribution is 5.68. The summed E-state index contributed by atoms with van der Waals surface area (Å²) in [6.07, 6.45) is -7.95. The van der Waals surface area contributed by atoms with Gasteiger partial charge in [-0.1, -0.05) is 0 Å². The first kappa shape index (κ1) is 21.8. The van der Waals surface area contributed by atoms with Crippen molar-refractivity contribution in [2.24, 2.45) is 0 Å². The van der Waals surface area contributed by atoms with E-state index in [2.05, 4.69) is 4.74 Å². The van der Waals surface area contributed by atoms with Crippen molar-refractivity contribution in [2.75, 3.05) is 6.61 Å². The fraction of sp³-hybridized carbons (Fsp3) is 0.750. The van der Waals surface area contributed by atoms with Gasteiger partial charge in [-0.05, 0) is 6.92 Å². The van der Waals surface area contributed by atoms with Crippen molar-refractivity contribution in [3.05, 3.63) is 0 Å². The van der Waals surface area contributed by atoms with Gasteiger partial charge in [0.2, 0.25) is 0 Å². The van der Waals surface area contributed by atoms with Crippen LogP contribution >= 0.6 is 0 Å². The van der Waals surface area contributed by atoms with Crippen LogP contribution in [0.3, 0.4) is 0 Å². The Hall–Kier alpha value is -2.23. The highest BCUT2D eigenvalue weighted by Gasteiger charge is 2.52. The van der Waals surface area contributed by atoms with Gasteiger partial charge in [0.05, 0.1) is 6.10 Å². The average molecular weight is 378 g/mol. The number of halogens is 1. The summed E-state index contributed by atoms with van der Waals surface area (Å²) in [6.45, 7) is 5.29.